The van der Waals surface area contributed by atoms with Crippen molar-refractivity contribution in [1.82, 2.24) is 15.5 Å². The zero-order chi connectivity index (χ0) is 27.2. The summed E-state index contributed by atoms with van der Waals surface area (Å²) in [6.45, 7) is 11.6. The van der Waals surface area contributed by atoms with Gasteiger partial charge >= 0.3 is 6.09 Å². The van der Waals surface area contributed by atoms with Gasteiger partial charge in [0.25, 0.3) is 0 Å². The fraction of sp³-hybridized carbons (Fsp3) is 0.500. The summed E-state index contributed by atoms with van der Waals surface area (Å²) in [5, 5.41) is 5.85. The van der Waals surface area contributed by atoms with E-state index in [4.69, 9.17) is 4.74 Å². The van der Waals surface area contributed by atoms with E-state index in [-0.39, 0.29) is 23.8 Å². The fourth-order valence-electron chi connectivity index (χ4n) is 4.22. The Kier molecular flexibility index (Phi) is 9.35. The van der Waals surface area contributed by atoms with E-state index in [1.807, 2.05) is 75.4 Å². The summed E-state index contributed by atoms with van der Waals surface area (Å²) in [6.07, 6.45) is 1.68. The second kappa shape index (κ2) is 12.3. The van der Waals surface area contributed by atoms with E-state index in [2.05, 4.69) is 10.6 Å². The monoisotopic (exact) mass is 507 g/mol. The average molecular weight is 508 g/mol. The van der Waals surface area contributed by atoms with Gasteiger partial charge in [0.15, 0.2) is 0 Å². The van der Waals surface area contributed by atoms with E-state index in [0.29, 0.717) is 13.0 Å². The van der Waals surface area contributed by atoms with Crippen LogP contribution in [-0.4, -0.2) is 40.5 Å². The molecule has 0 heterocycles. The first-order valence-corrected chi connectivity index (χ1v) is 13.2. The molecule has 0 bridgehead atoms. The topological polar surface area (TPSA) is 87.7 Å². The highest BCUT2D eigenvalue weighted by Crippen LogP contribution is 2.36. The minimum absolute atomic E-state index is 0.0618. The van der Waals surface area contributed by atoms with Crippen molar-refractivity contribution in [3.05, 3.63) is 71.3 Å². The molecule has 7 heteroatoms. The summed E-state index contributed by atoms with van der Waals surface area (Å²) >= 11 is 0. The van der Waals surface area contributed by atoms with Crippen LogP contribution >= 0.6 is 0 Å². The molecule has 1 aliphatic rings. The molecule has 7 nitrogen and oxygen atoms in total. The summed E-state index contributed by atoms with van der Waals surface area (Å²) in [5.74, 6) is -0.649. The molecule has 3 rings (SSSR count). The summed E-state index contributed by atoms with van der Waals surface area (Å²) in [7, 11) is 0. The lowest BCUT2D eigenvalue weighted by atomic mass is 9.95. The van der Waals surface area contributed by atoms with Crippen molar-refractivity contribution in [3.8, 4) is 0 Å². The molecule has 2 aromatic carbocycles. The van der Waals surface area contributed by atoms with Gasteiger partial charge < -0.3 is 20.3 Å². The van der Waals surface area contributed by atoms with Crippen molar-refractivity contribution in [2.45, 2.75) is 91.1 Å². The minimum Gasteiger partial charge on any atom is -0.444 e. The van der Waals surface area contributed by atoms with E-state index < -0.39 is 23.8 Å². The molecule has 0 spiro atoms. The second-order valence-corrected chi connectivity index (χ2v) is 11.0. The predicted octanol–water partition coefficient (Wildman–Crippen LogP) is 5.28. The van der Waals surface area contributed by atoms with Gasteiger partial charge in [-0.15, -0.1) is 0 Å². The molecule has 2 N–H and O–H groups in total. The highest BCUT2D eigenvalue weighted by atomic mass is 16.6. The minimum atomic E-state index is -0.810. The number of nitrogens with one attached hydrogen (secondary N) is 2. The molecule has 1 saturated carbocycles. The highest BCUT2D eigenvalue weighted by molar-refractivity contribution is 5.92. The molecule has 200 valence electrons. The molecule has 0 aromatic heterocycles. The van der Waals surface area contributed by atoms with E-state index in [1.165, 1.54) is 0 Å². The molecule has 0 saturated heterocycles. The zero-order valence-electron chi connectivity index (χ0n) is 22.9. The number of aryl methyl sites for hydroxylation is 1. The smallest absolute Gasteiger partial charge is 0.408 e. The Labute approximate surface area is 221 Å². The molecule has 2 aromatic rings. The van der Waals surface area contributed by atoms with Gasteiger partial charge in [0.2, 0.25) is 11.8 Å². The lowest BCUT2D eigenvalue weighted by molar-refractivity contribution is -0.144. The van der Waals surface area contributed by atoms with Crippen LogP contribution in [0.25, 0.3) is 0 Å². The number of hydrogen-bond acceptors (Lipinski definition) is 4. The van der Waals surface area contributed by atoms with Crippen molar-refractivity contribution >= 4 is 17.9 Å². The third-order valence-corrected chi connectivity index (χ3v) is 6.58. The quantitative estimate of drug-likeness (QED) is 0.458. The molecular weight excluding hydrogens is 466 g/mol. The number of hydrogen-bond donors (Lipinski definition) is 2. The van der Waals surface area contributed by atoms with Crippen LogP contribution < -0.4 is 10.6 Å². The predicted molar refractivity (Wildman–Crippen MR) is 145 cm³/mol. The maximum atomic E-state index is 14.2. The SMILES string of the molecule is CCC(C)C(NC(=O)OC(C)(C)C)C(=O)N(C1CC1)C(C(=O)NCc1ccccc1)c1ccc(C)cc1. The van der Waals surface area contributed by atoms with Gasteiger partial charge in [0.1, 0.15) is 17.7 Å². The molecule has 1 aliphatic carbocycles. The number of carbonyl (C=O) groups excluding carboxylic acids is 3. The largest absolute Gasteiger partial charge is 0.444 e. The van der Waals surface area contributed by atoms with Gasteiger partial charge in [0.05, 0.1) is 0 Å². The van der Waals surface area contributed by atoms with Crippen molar-refractivity contribution in [1.29, 1.82) is 0 Å². The lowest BCUT2D eigenvalue weighted by Gasteiger charge is -2.36. The molecule has 3 atom stereocenters. The Balaban J connectivity index is 1.93. The zero-order valence-corrected chi connectivity index (χ0v) is 22.9. The van der Waals surface area contributed by atoms with E-state index in [1.54, 1.807) is 25.7 Å². The van der Waals surface area contributed by atoms with Crippen LogP contribution in [0.3, 0.4) is 0 Å². The maximum absolute atomic E-state index is 14.2. The standard InChI is InChI=1S/C30H41N3O4/c1-7-21(3)25(32-29(36)37-30(4,5)6)28(35)33(24-17-18-24)26(23-15-13-20(2)14-16-23)27(34)31-19-22-11-9-8-10-12-22/h8-16,21,24-26H,7,17-19H2,1-6H3,(H,31,34)(H,32,36). The third kappa shape index (κ3) is 8.07. The van der Waals surface area contributed by atoms with Gasteiger partial charge in [-0.25, -0.2) is 4.79 Å². The molecule has 3 unspecified atom stereocenters. The van der Waals surface area contributed by atoms with Crippen LogP contribution in [0.1, 0.15) is 76.6 Å². The number of benzene rings is 2. The summed E-state index contributed by atoms with van der Waals surface area (Å²) in [4.78, 5) is 42.3. The third-order valence-electron chi connectivity index (χ3n) is 6.58. The lowest BCUT2D eigenvalue weighted by Crippen LogP contribution is -2.55. The number of carbonyl (C=O) groups is 3. The molecule has 0 radical (unpaired) electrons. The first-order chi connectivity index (χ1) is 17.5. The van der Waals surface area contributed by atoms with E-state index in [0.717, 1.165) is 29.5 Å². The molecular formula is C30H41N3O4. The molecule has 1 fully saturated rings. The second-order valence-electron chi connectivity index (χ2n) is 11.0. The Bertz CT molecular complexity index is 1060. The average Bonchev–Trinajstić information content (AvgIpc) is 3.69. The maximum Gasteiger partial charge on any atom is 0.408 e. The molecule has 0 aliphatic heterocycles. The molecule has 3 amide bonds. The number of rotatable bonds is 10. The number of nitrogens with zero attached hydrogens (tertiary/aromatic N) is 1. The summed E-state index contributed by atoms with van der Waals surface area (Å²) < 4.78 is 5.46. The number of alkyl carbamates (subject to hydrolysis) is 1. The normalized spacial score (nSPS) is 15.7. The van der Waals surface area contributed by atoms with Crippen molar-refractivity contribution in [2.24, 2.45) is 5.92 Å². The van der Waals surface area contributed by atoms with Crippen LogP contribution in [-0.2, 0) is 20.9 Å². The van der Waals surface area contributed by atoms with Crippen LogP contribution in [0.15, 0.2) is 54.6 Å². The van der Waals surface area contributed by atoms with Crippen molar-refractivity contribution < 1.29 is 19.1 Å². The van der Waals surface area contributed by atoms with Crippen LogP contribution in [0, 0.1) is 12.8 Å². The number of amides is 3. The van der Waals surface area contributed by atoms with Gasteiger partial charge in [-0.1, -0.05) is 80.4 Å². The highest BCUT2D eigenvalue weighted by Gasteiger charge is 2.45. The van der Waals surface area contributed by atoms with E-state index >= 15 is 0 Å². The van der Waals surface area contributed by atoms with Gasteiger partial charge in [0, 0.05) is 12.6 Å². The Morgan fingerprint density at radius 1 is 1.03 bits per heavy atom. The van der Waals surface area contributed by atoms with Crippen molar-refractivity contribution in [3.63, 3.8) is 0 Å². The van der Waals surface area contributed by atoms with Crippen molar-refractivity contribution in [2.75, 3.05) is 0 Å². The van der Waals surface area contributed by atoms with Gasteiger partial charge in [-0.05, 0) is 57.6 Å². The van der Waals surface area contributed by atoms with Crippen LogP contribution in [0.2, 0.25) is 0 Å². The first-order valence-electron chi connectivity index (χ1n) is 13.2. The van der Waals surface area contributed by atoms with E-state index in [9.17, 15) is 14.4 Å². The molecule has 37 heavy (non-hydrogen) atoms. The van der Waals surface area contributed by atoms with Crippen LogP contribution in [0.4, 0.5) is 4.79 Å². The Morgan fingerprint density at radius 3 is 2.19 bits per heavy atom. The number of ether oxygens (including phenoxy) is 1. The Morgan fingerprint density at radius 2 is 1.65 bits per heavy atom. The summed E-state index contributed by atoms with van der Waals surface area (Å²) in [5.41, 5.74) is 2.11. The van der Waals surface area contributed by atoms with Gasteiger partial charge in [-0.2, -0.15) is 0 Å². The van der Waals surface area contributed by atoms with Crippen LogP contribution in [0.5, 0.6) is 0 Å². The summed E-state index contributed by atoms with van der Waals surface area (Å²) in [6, 6.07) is 15.7. The fourth-order valence-corrected chi connectivity index (χ4v) is 4.22. The van der Waals surface area contributed by atoms with Gasteiger partial charge in [-0.3, -0.25) is 9.59 Å². The Hall–Kier alpha value is -3.35. The first kappa shape index (κ1) is 28.2.